The van der Waals surface area contributed by atoms with Crippen molar-refractivity contribution < 1.29 is 19.1 Å². The third kappa shape index (κ3) is 7.00. The minimum atomic E-state index is -0.539. The Bertz CT molecular complexity index is 1070. The van der Waals surface area contributed by atoms with E-state index in [1.807, 2.05) is 0 Å². The Balaban J connectivity index is 1.39. The van der Waals surface area contributed by atoms with Crippen LogP contribution in [0, 0.1) is 0 Å². The fraction of sp³-hybridized carbons (Fsp3) is 0.565. The molecule has 1 aromatic carbocycles. The lowest BCUT2D eigenvalue weighted by atomic mass is 10.1. The van der Waals surface area contributed by atoms with E-state index < -0.39 is 17.2 Å². The van der Waals surface area contributed by atoms with Crippen molar-refractivity contribution in [2.75, 3.05) is 46.5 Å². The number of H-pyrrole nitrogens is 1. The molecule has 1 aliphatic rings. The number of esters is 1. The molecule has 1 saturated heterocycles. The molecule has 1 aromatic heterocycles. The highest BCUT2D eigenvalue weighted by atomic mass is 16.5. The van der Waals surface area contributed by atoms with Crippen molar-refractivity contribution in [2.45, 2.75) is 38.6 Å². The van der Waals surface area contributed by atoms with Gasteiger partial charge in [0, 0.05) is 32.6 Å². The average Bonchev–Trinajstić information content (AvgIpc) is 2.83. The first-order valence-electron chi connectivity index (χ1n) is 11.4. The standard InChI is InChI=1S/C23H32N4O6/c1-32-22(30)17-7-8-18-19(16-17)25-23(31)27(21(18)29)11-4-2-3-6-20(28)24-9-5-10-26-12-14-33-15-13-26/h7-8,16H,2-6,9-15H2,1H3,(H,24,28)(H,25,31). The second-order valence-electron chi connectivity index (χ2n) is 8.11. The lowest BCUT2D eigenvalue weighted by Crippen LogP contribution is -2.38. The summed E-state index contributed by atoms with van der Waals surface area (Å²) in [7, 11) is 1.27. The number of aromatic amines is 1. The zero-order valence-corrected chi connectivity index (χ0v) is 19.1. The van der Waals surface area contributed by atoms with Crippen LogP contribution in [0.2, 0.25) is 0 Å². The third-order valence-electron chi connectivity index (χ3n) is 5.77. The Morgan fingerprint density at radius 2 is 1.88 bits per heavy atom. The minimum Gasteiger partial charge on any atom is -0.465 e. The summed E-state index contributed by atoms with van der Waals surface area (Å²) in [6, 6.07) is 4.45. The molecule has 0 radical (unpaired) electrons. The Morgan fingerprint density at radius 3 is 2.64 bits per heavy atom. The second-order valence-corrected chi connectivity index (χ2v) is 8.11. The normalized spacial score (nSPS) is 14.3. The van der Waals surface area contributed by atoms with Gasteiger partial charge in [0.1, 0.15) is 0 Å². The maximum atomic E-state index is 12.7. The molecule has 0 unspecified atom stereocenters. The number of nitrogens with zero attached hydrogens (tertiary/aromatic N) is 2. The molecule has 0 aliphatic carbocycles. The SMILES string of the molecule is COC(=O)c1ccc2c(=O)n(CCCCCC(=O)NCCCN3CCOCC3)c(=O)[nH]c2c1. The quantitative estimate of drug-likeness (QED) is 0.377. The Labute approximate surface area is 191 Å². The van der Waals surface area contributed by atoms with Gasteiger partial charge in [0.2, 0.25) is 5.91 Å². The molecule has 1 aliphatic heterocycles. The van der Waals surface area contributed by atoms with Crippen LogP contribution < -0.4 is 16.6 Å². The van der Waals surface area contributed by atoms with Crippen LogP contribution in [-0.2, 0) is 20.8 Å². The van der Waals surface area contributed by atoms with Gasteiger partial charge in [-0.3, -0.25) is 19.1 Å². The van der Waals surface area contributed by atoms with Crippen LogP contribution in [0.25, 0.3) is 10.9 Å². The average molecular weight is 461 g/mol. The first-order chi connectivity index (χ1) is 16.0. The number of nitrogens with one attached hydrogen (secondary N) is 2. The van der Waals surface area contributed by atoms with E-state index in [2.05, 4.69) is 19.9 Å². The summed E-state index contributed by atoms with van der Waals surface area (Å²) < 4.78 is 11.1. The van der Waals surface area contributed by atoms with E-state index in [1.54, 1.807) is 0 Å². The zero-order chi connectivity index (χ0) is 23.6. The molecule has 10 heteroatoms. The summed E-state index contributed by atoms with van der Waals surface area (Å²) in [6.07, 6.45) is 3.38. The largest absolute Gasteiger partial charge is 0.465 e. The number of carbonyl (C=O) groups excluding carboxylic acids is 2. The van der Waals surface area contributed by atoms with Gasteiger partial charge in [-0.25, -0.2) is 9.59 Å². The second kappa shape index (κ2) is 12.3. The number of carbonyl (C=O) groups is 2. The monoisotopic (exact) mass is 460 g/mol. The van der Waals surface area contributed by atoms with Crippen molar-refractivity contribution >= 4 is 22.8 Å². The molecule has 0 atom stereocenters. The Hall–Kier alpha value is -2.98. The Morgan fingerprint density at radius 1 is 1.09 bits per heavy atom. The van der Waals surface area contributed by atoms with E-state index in [-0.39, 0.29) is 18.0 Å². The highest BCUT2D eigenvalue weighted by Crippen LogP contribution is 2.10. The van der Waals surface area contributed by atoms with Crippen LogP contribution in [0.5, 0.6) is 0 Å². The van der Waals surface area contributed by atoms with E-state index in [9.17, 15) is 19.2 Å². The maximum absolute atomic E-state index is 12.7. The molecule has 3 rings (SSSR count). The van der Waals surface area contributed by atoms with Crippen LogP contribution in [0.3, 0.4) is 0 Å². The molecule has 0 bridgehead atoms. The number of aromatic nitrogens is 2. The van der Waals surface area contributed by atoms with Gasteiger partial charge in [-0.05, 0) is 44.0 Å². The number of rotatable bonds is 11. The maximum Gasteiger partial charge on any atom is 0.337 e. The predicted octanol–water partition coefficient (Wildman–Crippen LogP) is 0.875. The summed E-state index contributed by atoms with van der Waals surface area (Å²) in [4.78, 5) is 53.7. The van der Waals surface area contributed by atoms with Gasteiger partial charge in [0.15, 0.2) is 0 Å². The van der Waals surface area contributed by atoms with E-state index in [0.29, 0.717) is 36.7 Å². The number of hydrogen-bond acceptors (Lipinski definition) is 7. The summed E-state index contributed by atoms with van der Waals surface area (Å²) in [5.74, 6) is -0.512. The molecule has 2 N–H and O–H groups in total. The van der Waals surface area contributed by atoms with Crippen LogP contribution >= 0.6 is 0 Å². The van der Waals surface area contributed by atoms with Crippen LogP contribution in [0.1, 0.15) is 42.5 Å². The summed E-state index contributed by atoms with van der Waals surface area (Å²) in [5, 5.41) is 3.28. The number of amides is 1. The first kappa shape index (κ1) is 24.7. The number of benzene rings is 1. The molecular formula is C23H32N4O6. The molecule has 2 heterocycles. The third-order valence-corrected chi connectivity index (χ3v) is 5.77. The van der Waals surface area contributed by atoms with Crippen LogP contribution in [0.4, 0.5) is 0 Å². The molecule has 33 heavy (non-hydrogen) atoms. The van der Waals surface area contributed by atoms with E-state index in [0.717, 1.165) is 50.3 Å². The van der Waals surface area contributed by atoms with Crippen molar-refractivity contribution in [3.05, 3.63) is 44.6 Å². The molecule has 1 amide bonds. The fourth-order valence-corrected chi connectivity index (χ4v) is 3.88. The van der Waals surface area contributed by atoms with Crippen molar-refractivity contribution in [2.24, 2.45) is 0 Å². The van der Waals surface area contributed by atoms with Crippen LogP contribution in [-0.4, -0.2) is 72.8 Å². The summed E-state index contributed by atoms with van der Waals surface area (Å²) >= 11 is 0. The number of methoxy groups -OCH3 is 1. The van der Waals surface area contributed by atoms with Crippen molar-refractivity contribution in [1.29, 1.82) is 0 Å². The fourth-order valence-electron chi connectivity index (χ4n) is 3.88. The molecule has 10 nitrogen and oxygen atoms in total. The molecule has 0 spiro atoms. The van der Waals surface area contributed by atoms with Crippen molar-refractivity contribution in [3.63, 3.8) is 0 Å². The minimum absolute atomic E-state index is 0.0270. The summed E-state index contributed by atoms with van der Waals surface area (Å²) in [6.45, 7) is 5.35. The predicted molar refractivity (Wildman–Crippen MR) is 124 cm³/mol. The van der Waals surface area contributed by atoms with E-state index in [4.69, 9.17) is 4.74 Å². The van der Waals surface area contributed by atoms with Gasteiger partial charge in [0.05, 0.1) is 36.8 Å². The molecule has 2 aromatic rings. The highest BCUT2D eigenvalue weighted by Gasteiger charge is 2.12. The smallest absolute Gasteiger partial charge is 0.337 e. The molecule has 1 fully saturated rings. The van der Waals surface area contributed by atoms with Gasteiger partial charge < -0.3 is 19.8 Å². The van der Waals surface area contributed by atoms with Gasteiger partial charge in [0.25, 0.3) is 5.56 Å². The number of hydrogen-bond donors (Lipinski definition) is 2. The summed E-state index contributed by atoms with van der Waals surface area (Å²) in [5.41, 5.74) is -0.359. The highest BCUT2D eigenvalue weighted by molar-refractivity contribution is 5.93. The lowest BCUT2D eigenvalue weighted by Gasteiger charge is -2.26. The molecule has 0 saturated carbocycles. The van der Waals surface area contributed by atoms with Gasteiger partial charge in [-0.1, -0.05) is 6.42 Å². The number of unbranched alkanes of at least 4 members (excludes halogenated alkanes) is 2. The van der Waals surface area contributed by atoms with Gasteiger partial charge in [-0.15, -0.1) is 0 Å². The first-order valence-corrected chi connectivity index (χ1v) is 11.4. The van der Waals surface area contributed by atoms with Gasteiger partial charge >= 0.3 is 11.7 Å². The van der Waals surface area contributed by atoms with Gasteiger partial charge in [-0.2, -0.15) is 0 Å². The van der Waals surface area contributed by atoms with Crippen LogP contribution in [0.15, 0.2) is 27.8 Å². The van der Waals surface area contributed by atoms with E-state index >= 15 is 0 Å². The Kier molecular flexibility index (Phi) is 9.20. The van der Waals surface area contributed by atoms with Crippen molar-refractivity contribution in [3.8, 4) is 0 Å². The number of morpholine rings is 1. The number of fused-ring (bicyclic) bond motifs is 1. The molecule has 180 valence electrons. The lowest BCUT2D eigenvalue weighted by molar-refractivity contribution is -0.121. The van der Waals surface area contributed by atoms with Crippen molar-refractivity contribution in [1.82, 2.24) is 19.8 Å². The van der Waals surface area contributed by atoms with E-state index in [1.165, 1.54) is 25.3 Å². The molecular weight excluding hydrogens is 428 g/mol. The topological polar surface area (TPSA) is 123 Å². The number of ether oxygens (including phenoxy) is 2. The zero-order valence-electron chi connectivity index (χ0n) is 19.1.